The second-order valence-corrected chi connectivity index (χ2v) is 7.94. The first-order chi connectivity index (χ1) is 15.8. The van der Waals surface area contributed by atoms with Gasteiger partial charge in [0.05, 0.1) is 31.8 Å². The number of rotatable bonds is 8. The molecule has 172 valence electrons. The van der Waals surface area contributed by atoms with Crippen molar-refractivity contribution in [2.75, 3.05) is 14.2 Å². The van der Waals surface area contributed by atoms with Gasteiger partial charge in [-0.05, 0) is 48.7 Å². The van der Waals surface area contributed by atoms with Gasteiger partial charge < -0.3 is 19.8 Å². The lowest BCUT2D eigenvalue weighted by atomic mass is 9.97. The number of hydrogen-bond donors (Lipinski definition) is 1. The lowest BCUT2D eigenvalue weighted by Gasteiger charge is -2.14. The Bertz CT molecular complexity index is 1200. The van der Waals surface area contributed by atoms with E-state index in [0.717, 1.165) is 11.3 Å². The molecular formula is C25H25ClN2O5. The van der Waals surface area contributed by atoms with E-state index >= 15 is 0 Å². The van der Waals surface area contributed by atoms with E-state index < -0.39 is 11.9 Å². The molecule has 1 amide bonds. The molecule has 8 heteroatoms. The number of methoxy groups -OCH3 is 2. The average Bonchev–Trinajstić information content (AvgIpc) is 3.08. The van der Waals surface area contributed by atoms with Gasteiger partial charge in [-0.2, -0.15) is 0 Å². The van der Waals surface area contributed by atoms with Crippen molar-refractivity contribution in [2.24, 2.45) is 5.73 Å². The van der Waals surface area contributed by atoms with Crippen molar-refractivity contribution in [1.29, 1.82) is 0 Å². The lowest BCUT2D eigenvalue weighted by Crippen LogP contribution is -2.13. The molecule has 0 aliphatic rings. The van der Waals surface area contributed by atoms with Gasteiger partial charge in [0.25, 0.3) is 5.91 Å². The summed E-state index contributed by atoms with van der Waals surface area (Å²) < 4.78 is 11.6. The molecule has 2 N–H and O–H groups in total. The van der Waals surface area contributed by atoms with E-state index in [9.17, 15) is 14.4 Å². The van der Waals surface area contributed by atoms with E-state index in [1.54, 1.807) is 30.3 Å². The molecule has 1 heterocycles. The zero-order valence-corrected chi connectivity index (χ0v) is 19.4. The monoisotopic (exact) mass is 468 g/mol. The topological polar surface area (TPSA) is 101 Å². The maximum absolute atomic E-state index is 12.5. The highest BCUT2D eigenvalue weighted by atomic mass is 35.5. The number of primary amides is 1. The zero-order chi connectivity index (χ0) is 24.1. The molecular weight excluding hydrogens is 444 g/mol. The van der Waals surface area contributed by atoms with Gasteiger partial charge in [-0.1, -0.05) is 35.9 Å². The van der Waals surface area contributed by atoms with Crippen molar-refractivity contribution in [2.45, 2.75) is 26.3 Å². The first-order valence-electron chi connectivity index (χ1n) is 10.3. The molecule has 7 nitrogen and oxygen atoms in total. The summed E-state index contributed by atoms with van der Waals surface area (Å²) in [5.74, 6) is -1.41. The predicted molar refractivity (Wildman–Crippen MR) is 125 cm³/mol. The minimum atomic E-state index is -0.580. The standard InChI is InChI=1S/C25H25ClN2O5/c1-15-22(24(27)30)23(17-7-9-18(10-8-17)25(31)33-3)20(11-12-21(29)32-2)28(15)14-16-5-4-6-19(26)13-16/h4-10,13H,11-12,14H2,1-3H3,(H2,27,30). The molecule has 3 rings (SSSR count). The van der Waals surface area contributed by atoms with Crippen LogP contribution in [-0.2, 0) is 27.2 Å². The molecule has 0 unspecified atom stereocenters. The number of aromatic nitrogens is 1. The molecule has 0 bridgehead atoms. The number of carbonyl (C=O) groups excluding carboxylic acids is 3. The molecule has 0 atom stereocenters. The summed E-state index contributed by atoms with van der Waals surface area (Å²) in [6, 6.07) is 14.1. The van der Waals surface area contributed by atoms with E-state index in [1.807, 2.05) is 29.7 Å². The van der Waals surface area contributed by atoms with Gasteiger partial charge in [0.15, 0.2) is 0 Å². The molecule has 0 saturated carbocycles. The van der Waals surface area contributed by atoms with Crippen molar-refractivity contribution >= 4 is 29.4 Å². The van der Waals surface area contributed by atoms with E-state index in [1.165, 1.54) is 14.2 Å². The summed E-state index contributed by atoms with van der Waals surface area (Å²) in [7, 11) is 2.64. The molecule has 2 aromatic carbocycles. The first-order valence-corrected chi connectivity index (χ1v) is 10.7. The average molecular weight is 469 g/mol. The normalized spacial score (nSPS) is 10.7. The van der Waals surface area contributed by atoms with Gasteiger partial charge in [-0.15, -0.1) is 0 Å². The SMILES string of the molecule is COC(=O)CCc1c(-c2ccc(C(=O)OC)cc2)c(C(N)=O)c(C)n1Cc1cccc(Cl)c1. The summed E-state index contributed by atoms with van der Waals surface area (Å²) in [6.07, 6.45) is 0.455. The molecule has 0 radical (unpaired) electrons. The second kappa shape index (κ2) is 10.4. The van der Waals surface area contributed by atoms with Gasteiger partial charge in [0, 0.05) is 28.5 Å². The number of carbonyl (C=O) groups is 3. The lowest BCUT2D eigenvalue weighted by molar-refractivity contribution is -0.140. The summed E-state index contributed by atoms with van der Waals surface area (Å²) in [5.41, 5.74) is 10.2. The number of esters is 2. The number of nitrogens with zero attached hydrogens (tertiary/aromatic N) is 1. The summed E-state index contributed by atoms with van der Waals surface area (Å²) in [6.45, 7) is 2.25. The molecule has 0 aliphatic carbocycles. The Morgan fingerprint density at radius 3 is 2.30 bits per heavy atom. The minimum Gasteiger partial charge on any atom is -0.469 e. The van der Waals surface area contributed by atoms with Crippen LogP contribution in [0.15, 0.2) is 48.5 Å². The fraction of sp³-hybridized carbons (Fsp3) is 0.240. The van der Waals surface area contributed by atoms with Crippen LogP contribution in [0.3, 0.4) is 0 Å². The maximum atomic E-state index is 12.5. The third-order valence-electron chi connectivity index (χ3n) is 5.50. The first kappa shape index (κ1) is 24.1. The van der Waals surface area contributed by atoms with Crippen molar-refractivity contribution in [3.63, 3.8) is 0 Å². The zero-order valence-electron chi connectivity index (χ0n) is 18.7. The number of amides is 1. The Morgan fingerprint density at radius 1 is 1.03 bits per heavy atom. The highest BCUT2D eigenvalue weighted by Gasteiger charge is 2.25. The van der Waals surface area contributed by atoms with E-state index in [-0.39, 0.29) is 12.4 Å². The third kappa shape index (κ3) is 5.26. The molecule has 0 saturated heterocycles. The van der Waals surface area contributed by atoms with Crippen LogP contribution >= 0.6 is 11.6 Å². The van der Waals surface area contributed by atoms with Crippen LogP contribution in [0.2, 0.25) is 5.02 Å². The fourth-order valence-corrected chi connectivity index (χ4v) is 4.13. The Morgan fingerprint density at radius 2 is 1.73 bits per heavy atom. The fourth-order valence-electron chi connectivity index (χ4n) is 3.92. The third-order valence-corrected chi connectivity index (χ3v) is 5.73. The number of hydrogen-bond acceptors (Lipinski definition) is 5. The van der Waals surface area contributed by atoms with E-state index in [0.29, 0.717) is 45.9 Å². The molecule has 1 aromatic heterocycles. The molecule has 33 heavy (non-hydrogen) atoms. The van der Waals surface area contributed by atoms with Crippen LogP contribution in [0.4, 0.5) is 0 Å². The summed E-state index contributed by atoms with van der Waals surface area (Å²) in [5, 5.41) is 0.599. The van der Waals surface area contributed by atoms with Crippen molar-refractivity contribution in [3.05, 3.63) is 81.6 Å². The van der Waals surface area contributed by atoms with Gasteiger partial charge >= 0.3 is 11.9 Å². The minimum absolute atomic E-state index is 0.126. The number of ether oxygens (including phenoxy) is 2. The smallest absolute Gasteiger partial charge is 0.337 e. The van der Waals surface area contributed by atoms with Crippen molar-refractivity contribution < 1.29 is 23.9 Å². The number of nitrogens with two attached hydrogens (primary N) is 1. The van der Waals surface area contributed by atoms with Gasteiger partial charge in [0.2, 0.25) is 0 Å². The Labute approximate surface area is 197 Å². The quantitative estimate of drug-likeness (QED) is 0.500. The van der Waals surface area contributed by atoms with Gasteiger partial charge in [0.1, 0.15) is 0 Å². The maximum Gasteiger partial charge on any atom is 0.337 e. The van der Waals surface area contributed by atoms with Crippen LogP contribution in [0.1, 0.15) is 44.1 Å². The van der Waals surface area contributed by atoms with Crippen LogP contribution in [0, 0.1) is 6.92 Å². The largest absolute Gasteiger partial charge is 0.469 e. The van der Waals surface area contributed by atoms with E-state index in [4.69, 9.17) is 26.8 Å². The molecule has 0 fully saturated rings. The van der Waals surface area contributed by atoms with Crippen LogP contribution < -0.4 is 5.73 Å². The highest BCUT2D eigenvalue weighted by molar-refractivity contribution is 6.30. The second-order valence-electron chi connectivity index (χ2n) is 7.51. The number of halogens is 1. The summed E-state index contributed by atoms with van der Waals surface area (Å²) in [4.78, 5) is 36.3. The van der Waals surface area contributed by atoms with Crippen LogP contribution in [0.25, 0.3) is 11.1 Å². The van der Waals surface area contributed by atoms with Gasteiger partial charge in [-0.25, -0.2) is 4.79 Å². The highest BCUT2D eigenvalue weighted by Crippen LogP contribution is 2.34. The van der Waals surface area contributed by atoms with Crippen LogP contribution in [0.5, 0.6) is 0 Å². The predicted octanol–water partition coefficient (Wildman–Crippen LogP) is 4.16. The van der Waals surface area contributed by atoms with Gasteiger partial charge in [-0.3, -0.25) is 9.59 Å². The molecule has 0 aliphatic heterocycles. The van der Waals surface area contributed by atoms with Crippen molar-refractivity contribution in [3.8, 4) is 11.1 Å². The Balaban J connectivity index is 2.19. The molecule has 3 aromatic rings. The number of benzene rings is 2. The Kier molecular flexibility index (Phi) is 7.55. The molecule has 0 spiro atoms. The summed E-state index contributed by atoms with van der Waals surface area (Å²) >= 11 is 6.16. The van der Waals surface area contributed by atoms with Crippen molar-refractivity contribution in [1.82, 2.24) is 4.57 Å². The van der Waals surface area contributed by atoms with E-state index in [2.05, 4.69) is 0 Å². The van der Waals surface area contributed by atoms with Crippen LogP contribution in [-0.4, -0.2) is 36.6 Å². The Hall–Kier alpha value is -3.58.